The fraction of sp³-hybridized carbons (Fsp3) is 0.308. The zero-order chi connectivity index (χ0) is 13.1. The molecule has 0 aliphatic carbocycles. The molecule has 0 saturated heterocycles. The number of amides is 1. The van der Waals surface area contributed by atoms with E-state index in [-0.39, 0.29) is 11.7 Å². The SMILES string of the molecule is C=CC(=O)NC(C)(C)c1ccc(OC)c(F)c1. The van der Waals surface area contributed by atoms with Crippen LogP contribution in [0.4, 0.5) is 4.39 Å². The molecule has 0 unspecified atom stereocenters. The lowest BCUT2D eigenvalue weighted by Gasteiger charge is -2.26. The van der Waals surface area contributed by atoms with Crippen molar-refractivity contribution >= 4 is 5.91 Å². The first-order valence-corrected chi connectivity index (χ1v) is 5.19. The van der Waals surface area contributed by atoms with E-state index in [9.17, 15) is 9.18 Å². The topological polar surface area (TPSA) is 38.3 Å². The monoisotopic (exact) mass is 237 g/mol. The summed E-state index contributed by atoms with van der Waals surface area (Å²) in [7, 11) is 1.41. The highest BCUT2D eigenvalue weighted by Gasteiger charge is 2.23. The highest BCUT2D eigenvalue weighted by atomic mass is 19.1. The predicted molar refractivity (Wildman–Crippen MR) is 64.3 cm³/mol. The van der Waals surface area contributed by atoms with Crippen LogP contribution in [0.2, 0.25) is 0 Å². The van der Waals surface area contributed by atoms with Gasteiger partial charge in [0.25, 0.3) is 0 Å². The first kappa shape index (κ1) is 13.2. The van der Waals surface area contributed by atoms with Crippen LogP contribution in [-0.2, 0) is 10.3 Å². The number of hydrogen-bond donors (Lipinski definition) is 1. The van der Waals surface area contributed by atoms with Crippen LogP contribution in [0.3, 0.4) is 0 Å². The number of methoxy groups -OCH3 is 1. The average molecular weight is 237 g/mol. The molecule has 0 spiro atoms. The number of carbonyl (C=O) groups excluding carboxylic acids is 1. The Kier molecular flexibility index (Phi) is 3.89. The summed E-state index contributed by atoms with van der Waals surface area (Å²) in [5, 5.41) is 2.72. The average Bonchev–Trinajstić information content (AvgIpc) is 2.28. The van der Waals surface area contributed by atoms with Gasteiger partial charge in [-0.25, -0.2) is 4.39 Å². The van der Waals surface area contributed by atoms with Crippen molar-refractivity contribution < 1.29 is 13.9 Å². The van der Waals surface area contributed by atoms with Crippen molar-refractivity contribution in [2.75, 3.05) is 7.11 Å². The first-order chi connectivity index (χ1) is 7.90. The second-order valence-corrected chi connectivity index (χ2v) is 4.17. The molecular weight excluding hydrogens is 221 g/mol. The van der Waals surface area contributed by atoms with E-state index in [0.29, 0.717) is 5.56 Å². The molecule has 4 heteroatoms. The minimum atomic E-state index is -0.668. The molecule has 1 aromatic rings. The first-order valence-electron chi connectivity index (χ1n) is 5.19. The summed E-state index contributed by atoms with van der Waals surface area (Å²) in [6.07, 6.45) is 1.18. The summed E-state index contributed by atoms with van der Waals surface area (Å²) in [5.41, 5.74) is -0.00994. The highest BCUT2D eigenvalue weighted by Crippen LogP contribution is 2.25. The molecule has 1 rings (SSSR count). The third kappa shape index (κ3) is 3.06. The molecule has 3 nitrogen and oxygen atoms in total. The number of ether oxygens (including phenoxy) is 1. The molecule has 0 aromatic heterocycles. The molecule has 0 fully saturated rings. The van der Waals surface area contributed by atoms with Crippen molar-refractivity contribution in [1.82, 2.24) is 5.32 Å². The fourth-order valence-electron chi connectivity index (χ4n) is 1.49. The zero-order valence-electron chi connectivity index (χ0n) is 10.2. The molecule has 0 radical (unpaired) electrons. The minimum absolute atomic E-state index is 0.180. The van der Waals surface area contributed by atoms with Crippen LogP contribution in [0.25, 0.3) is 0 Å². The van der Waals surface area contributed by atoms with Gasteiger partial charge in [0.1, 0.15) is 0 Å². The smallest absolute Gasteiger partial charge is 0.244 e. The number of hydrogen-bond acceptors (Lipinski definition) is 2. The Balaban J connectivity index is 3.02. The standard InChI is InChI=1S/C13H16FNO2/c1-5-12(16)15-13(2,3)9-6-7-11(17-4)10(14)8-9/h5-8H,1H2,2-4H3,(H,15,16). The molecule has 0 aliphatic heterocycles. The zero-order valence-corrected chi connectivity index (χ0v) is 10.2. The number of halogens is 1. The Morgan fingerprint density at radius 3 is 2.65 bits per heavy atom. The Morgan fingerprint density at radius 2 is 2.18 bits per heavy atom. The van der Waals surface area contributed by atoms with Crippen LogP contribution in [0, 0.1) is 5.82 Å². The second kappa shape index (κ2) is 4.99. The maximum absolute atomic E-state index is 13.5. The van der Waals surface area contributed by atoms with Gasteiger partial charge in [-0.1, -0.05) is 12.6 Å². The van der Waals surface area contributed by atoms with Crippen LogP contribution in [0.1, 0.15) is 19.4 Å². The molecule has 1 N–H and O–H groups in total. The van der Waals surface area contributed by atoms with Crippen molar-refractivity contribution in [1.29, 1.82) is 0 Å². The maximum atomic E-state index is 13.5. The second-order valence-electron chi connectivity index (χ2n) is 4.17. The third-order valence-corrected chi connectivity index (χ3v) is 2.49. The normalized spacial score (nSPS) is 10.8. The Morgan fingerprint density at radius 1 is 1.53 bits per heavy atom. The molecule has 0 saturated carbocycles. The summed E-state index contributed by atoms with van der Waals surface area (Å²) in [6, 6.07) is 4.60. The van der Waals surface area contributed by atoms with E-state index in [1.54, 1.807) is 19.9 Å². The van der Waals surface area contributed by atoms with E-state index in [0.717, 1.165) is 0 Å². The van der Waals surface area contributed by atoms with Crippen LogP contribution in [0.5, 0.6) is 5.75 Å². The fourth-order valence-corrected chi connectivity index (χ4v) is 1.49. The van der Waals surface area contributed by atoms with Crippen molar-refractivity contribution in [3.8, 4) is 5.75 Å². The lowest BCUT2D eigenvalue weighted by Crippen LogP contribution is -2.40. The van der Waals surface area contributed by atoms with Gasteiger partial charge in [0, 0.05) is 0 Å². The lowest BCUT2D eigenvalue weighted by atomic mass is 9.94. The van der Waals surface area contributed by atoms with Crippen molar-refractivity contribution in [3.05, 3.63) is 42.2 Å². The number of benzene rings is 1. The van der Waals surface area contributed by atoms with E-state index in [1.165, 1.54) is 25.3 Å². The minimum Gasteiger partial charge on any atom is -0.494 e. The molecule has 0 bridgehead atoms. The van der Waals surface area contributed by atoms with E-state index in [1.807, 2.05) is 0 Å². The van der Waals surface area contributed by atoms with Crippen LogP contribution in [0.15, 0.2) is 30.9 Å². The van der Waals surface area contributed by atoms with Gasteiger partial charge in [-0.3, -0.25) is 4.79 Å². The van der Waals surface area contributed by atoms with E-state index in [4.69, 9.17) is 4.74 Å². The van der Waals surface area contributed by atoms with Gasteiger partial charge in [-0.05, 0) is 37.6 Å². The van der Waals surface area contributed by atoms with Gasteiger partial charge < -0.3 is 10.1 Å². The van der Waals surface area contributed by atoms with Gasteiger partial charge >= 0.3 is 0 Å². The number of carbonyl (C=O) groups is 1. The molecular formula is C13H16FNO2. The maximum Gasteiger partial charge on any atom is 0.244 e. The Labute approximate surface area is 100 Å². The largest absolute Gasteiger partial charge is 0.494 e. The molecule has 92 valence electrons. The van der Waals surface area contributed by atoms with E-state index >= 15 is 0 Å². The summed E-state index contributed by atoms with van der Waals surface area (Å²) in [5.74, 6) is -0.572. The summed E-state index contributed by atoms with van der Waals surface area (Å²) in [6.45, 7) is 6.95. The van der Waals surface area contributed by atoms with Crippen LogP contribution in [-0.4, -0.2) is 13.0 Å². The molecule has 0 aliphatic rings. The van der Waals surface area contributed by atoms with Gasteiger partial charge in [-0.15, -0.1) is 0 Å². The summed E-state index contributed by atoms with van der Waals surface area (Å²) < 4.78 is 18.4. The van der Waals surface area contributed by atoms with E-state index < -0.39 is 11.4 Å². The Bertz CT molecular complexity index is 441. The molecule has 0 atom stereocenters. The molecule has 1 amide bonds. The third-order valence-electron chi connectivity index (χ3n) is 2.49. The molecule has 17 heavy (non-hydrogen) atoms. The highest BCUT2D eigenvalue weighted by molar-refractivity contribution is 5.87. The van der Waals surface area contributed by atoms with Gasteiger partial charge in [0.15, 0.2) is 11.6 Å². The van der Waals surface area contributed by atoms with Crippen LogP contribution >= 0.6 is 0 Å². The quantitative estimate of drug-likeness (QED) is 0.816. The van der Waals surface area contributed by atoms with Gasteiger partial charge in [0.05, 0.1) is 12.6 Å². The number of nitrogens with one attached hydrogen (secondary N) is 1. The lowest BCUT2D eigenvalue weighted by molar-refractivity contribution is -0.118. The van der Waals surface area contributed by atoms with Gasteiger partial charge in [0.2, 0.25) is 5.91 Å². The van der Waals surface area contributed by atoms with Crippen molar-refractivity contribution in [2.24, 2.45) is 0 Å². The van der Waals surface area contributed by atoms with Crippen LogP contribution < -0.4 is 10.1 Å². The van der Waals surface area contributed by atoms with Crippen molar-refractivity contribution in [3.63, 3.8) is 0 Å². The van der Waals surface area contributed by atoms with Gasteiger partial charge in [-0.2, -0.15) is 0 Å². The van der Waals surface area contributed by atoms with Crippen molar-refractivity contribution in [2.45, 2.75) is 19.4 Å². The Hall–Kier alpha value is -1.84. The molecule has 0 heterocycles. The molecule has 1 aromatic carbocycles. The summed E-state index contributed by atoms with van der Waals surface area (Å²) in [4.78, 5) is 11.3. The number of rotatable bonds is 4. The predicted octanol–water partition coefficient (Wildman–Crippen LogP) is 2.37. The van der Waals surface area contributed by atoms with E-state index in [2.05, 4.69) is 11.9 Å². The summed E-state index contributed by atoms with van der Waals surface area (Å²) >= 11 is 0.